The maximum atomic E-state index is 6.23. The molecule has 8 heteroatoms. The quantitative estimate of drug-likeness (QED) is 0.273. The highest BCUT2D eigenvalue weighted by atomic mass is 32.1. The summed E-state index contributed by atoms with van der Waals surface area (Å²) >= 11 is 1.69. The molecule has 36 heavy (non-hydrogen) atoms. The van der Waals surface area contributed by atoms with Crippen molar-refractivity contribution >= 4 is 33.1 Å². The van der Waals surface area contributed by atoms with E-state index in [0.717, 1.165) is 86.6 Å². The van der Waals surface area contributed by atoms with Gasteiger partial charge in [0.1, 0.15) is 17.5 Å². The average molecular weight is 493 g/mol. The minimum atomic E-state index is 0.238. The van der Waals surface area contributed by atoms with Crippen molar-refractivity contribution in [2.24, 2.45) is 0 Å². The summed E-state index contributed by atoms with van der Waals surface area (Å²) in [5, 5.41) is 15.4. The van der Waals surface area contributed by atoms with E-state index in [1.807, 2.05) is 18.5 Å². The number of nitrogens with zero attached hydrogens (tertiary/aromatic N) is 3. The second-order valence-electron chi connectivity index (χ2n) is 9.09. The normalized spacial score (nSPS) is 14.6. The molecule has 3 N–H and O–H groups in total. The minimum Gasteiger partial charge on any atom is -0.489 e. The van der Waals surface area contributed by atoms with Crippen LogP contribution in [0.25, 0.3) is 54.9 Å². The largest absolute Gasteiger partial charge is 0.489 e. The van der Waals surface area contributed by atoms with Crippen LogP contribution >= 0.6 is 11.3 Å². The molecule has 1 aromatic carbocycles. The van der Waals surface area contributed by atoms with Crippen molar-refractivity contribution in [1.82, 2.24) is 30.5 Å². The van der Waals surface area contributed by atoms with Gasteiger partial charge in [-0.05, 0) is 73.3 Å². The highest BCUT2D eigenvalue weighted by molar-refractivity contribution is 7.13. The van der Waals surface area contributed by atoms with Crippen molar-refractivity contribution in [3.05, 3.63) is 72.5 Å². The van der Waals surface area contributed by atoms with Crippen molar-refractivity contribution in [1.29, 1.82) is 0 Å². The first-order valence-corrected chi connectivity index (χ1v) is 13.0. The lowest BCUT2D eigenvalue weighted by atomic mass is 10.0. The standard InChI is InChI=1S/C28H24N6OS/c1-2-26(36-11-1)28-22-14-25(32-23(22)7-10-31-28)27-21-13-17(3-4-24(21)33-34-27)18-12-20(16-30-15-18)35-19-5-8-29-9-6-19/h1-4,7,10-16,19,29,32H,5-6,8-9H2,(H,33,34). The first-order chi connectivity index (χ1) is 17.8. The Labute approximate surface area is 211 Å². The Kier molecular flexibility index (Phi) is 5.26. The van der Waals surface area contributed by atoms with Crippen LogP contribution in [0.15, 0.2) is 72.5 Å². The Hall–Kier alpha value is -4.01. The number of hydrogen-bond donors (Lipinski definition) is 3. The van der Waals surface area contributed by atoms with E-state index in [-0.39, 0.29) is 6.10 Å². The summed E-state index contributed by atoms with van der Waals surface area (Å²) in [6.45, 7) is 1.99. The van der Waals surface area contributed by atoms with Crippen LogP contribution in [0.2, 0.25) is 0 Å². The van der Waals surface area contributed by atoms with Gasteiger partial charge in [-0.25, -0.2) is 0 Å². The maximum Gasteiger partial charge on any atom is 0.138 e. The van der Waals surface area contributed by atoms with Crippen LogP contribution in [-0.2, 0) is 0 Å². The minimum absolute atomic E-state index is 0.238. The second kappa shape index (κ2) is 8.89. The highest BCUT2D eigenvalue weighted by Gasteiger charge is 2.17. The second-order valence-corrected chi connectivity index (χ2v) is 10.0. The third-order valence-corrected chi connectivity index (χ3v) is 7.63. The Balaban J connectivity index is 1.26. The zero-order chi connectivity index (χ0) is 23.9. The van der Waals surface area contributed by atoms with Crippen molar-refractivity contribution in [2.75, 3.05) is 13.1 Å². The molecule has 0 aliphatic carbocycles. The van der Waals surface area contributed by atoms with Crippen molar-refractivity contribution < 1.29 is 4.74 Å². The molecular formula is C28H24N6OS. The van der Waals surface area contributed by atoms with Crippen LogP contribution in [0.1, 0.15) is 12.8 Å². The highest BCUT2D eigenvalue weighted by Crippen LogP contribution is 2.35. The molecule has 0 radical (unpaired) electrons. The molecule has 1 aliphatic rings. The van der Waals surface area contributed by atoms with Gasteiger partial charge in [0.25, 0.3) is 0 Å². The molecule has 6 heterocycles. The van der Waals surface area contributed by atoms with Crippen LogP contribution in [0, 0.1) is 0 Å². The third-order valence-electron chi connectivity index (χ3n) is 6.76. The van der Waals surface area contributed by atoms with Crippen LogP contribution in [-0.4, -0.2) is 44.3 Å². The number of pyridine rings is 2. The molecule has 0 amide bonds. The maximum absolute atomic E-state index is 6.23. The molecule has 0 bridgehead atoms. The van der Waals surface area contributed by atoms with E-state index in [9.17, 15) is 0 Å². The number of fused-ring (bicyclic) bond motifs is 2. The van der Waals surface area contributed by atoms with Crippen LogP contribution in [0.3, 0.4) is 0 Å². The third kappa shape index (κ3) is 3.84. The van der Waals surface area contributed by atoms with Gasteiger partial charge >= 0.3 is 0 Å². The van der Waals surface area contributed by atoms with Gasteiger partial charge in [0, 0.05) is 34.2 Å². The summed E-state index contributed by atoms with van der Waals surface area (Å²) in [4.78, 5) is 13.8. The van der Waals surface area contributed by atoms with Crippen LogP contribution in [0.5, 0.6) is 5.75 Å². The van der Waals surface area contributed by atoms with E-state index in [2.05, 4.69) is 78.3 Å². The number of hydrogen-bond acceptors (Lipinski definition) is 6. The number of H-pyrrole nitrogens is 2. The fraction of sp³-hybridized carbons (Fsp3) is 0.179. The molecular weight excluding hydrogens is 468 g/mol. The van der Waals surface area contributed by atoms with Crippen LogP contribution < -0.4 is 10.1 Å². The lowest BCUT2D eigenvalue weighted by Gasteiger charge is -2.23. The number of ether oxygens (including phenoxy) is 1. The molecule has 0 unspecified atom stereocenters. The summed E-state index contributed by atoms with van der Waals surface area (Å²) in [6, 6.07) is 16.7. The van der Waals surface area contributed by atoms with E-state index in [4.69, 9.17) is 4.74 Å². The monoisotopic (exact) mass is 492 g/mol. The number of piperidine rings is 1. The van der Waals surface area contributed by atoms with Gasteiger partial charge in [0.2, 0.25) is 0 Å². The van der Waals surface area contributed by atoms with Gasteiger partial charge in [0.15, 0.2) is 0 Å². The molecule has 0 atom stereocenters. The van der Waals surface area contributed by atoms with E-state index < -0.39 is 0 Å². The number of thiophene rings is 1. The predicted molar refractivity (Wildman–Crippen MR) is 144 cm³/mol. The predicted octanol–water partition coefficient (Wildman–Crippen LogP) is 6.03. The average Bonchev–Trinajstić information content (AvgIpc) is 3.68. The van der Waals surface area contributed by atoms with Crippen molar-refractivity contribution in [3.63, 3.8) is 0 Å². The van der Waals surface area contributed by atoms with Crippen molar-refractivity contribution in [3.8, 4) is 38.8 Å². The smallest absolute Gasteiger partial charge is 0.138 e. The zero-order valence-corrected chi connectivity index (χ0v) is 20.3. The SMILES string of the molecule is c1csc(-c2nccc3[nH]c(-c4n[nH]c5ccc(-c6cncc(OC7CCNCC7)c6)cc45)cc23)c1. The summed E-state index contributed by atoms with van der Waals surface area (Å²) in [5.41, 5.74) is 6.96. The fourth-order valence-electron chi connectivity index (χ4n) is 4.94. The van der Waals surface area contributed by atoms with E-state index in [1.54, 1.807) is 17.5 Å². The lowest BCUT2D eigenvalue weighted by Crippen LogP contribution is -2.34. The molecule has 0 saturated carbocycles. The summed E-state index contributed by atoms with van der Waals surface area (Å²) in [5.74, 6) is 0.816. The molecule has 0 spiro atoms. The molecule has 6 aromatic rings. The Morgan fingerprint density at radius 1 is 0.889 bits per heavy atom. The fourth-order valence-corrected chi connectivity index (χ4v) is 5.67. The van der Waals surface area contributed by atoms with Gasteiger partial charge < -0.3 is 15.0 Å². The van der Waals surface area contributed by atoms with E-state index in [1.165, 1.54) is 0 Å². The van der Waals surface area contributed by atoms with Crippen LogP contribution in [0.4, 0.5) is 0 Å². The molecule has 5 aromatic heterocycles. The molecule has 7 nitrogen and oxygen atoms in total. The van der Waals surface area contributed by atoms with Gasteiger partial charge in [-0.1, -0.05) is 12.1 Å². The number of benzene rings is 1. The topological polar surface area (TPSA) is 91.5 Å². The number of nitrogens with one attached hydrogen (secondary N) is 3. The molecule has 1 aliphatic heterocycles. The number of aromatic amines is 2. The number of rotatable bonds is 5. The summed E-state index contributed by atoms with van der Waals surface area (Å²) < 4.78 is 6.23. The lowest BCUT2D eigenvalue weighted by molar-refractivity contribution is 0.162. The zero-order valence-electron chi connectivity index (χ0n) is 19.5. The first kappa shape index (κ1) is 21.3. The van der Waals surface area contributed by atoms with E-state index in [0.29, 0.717) is 0 Å². The molecule has 7 rings (SSSR count). The Bertz CT molecular complexity index is 1660. The number of aromatic nitrogens is 5. The molecule has 1 fully saturated rings. The van der Waals surface area contributed by atoms with Gasteiger partial charge in [-0.15, -0.1) is 11.3 Å². The Morgan fingerprint density at radius 2 is 1.81 bits per heavy atom. The van der Waals surface area contributed by atoms with E-state index >= 15 is 0 Å². The van der Waals surface area contributed by atoms with Gasteiger partial charge in [-0.3, -0.25) is 15.1 Å². The first-order valence-electron chi connectivity index (χ1n) is 12.1. The summed E-state index contributed by atoms with van der Waals surface area (Å²) in [7, 11) is 0. The molecule has 1 saturated heterocycles. The summed E-state index contributed by atoms with van der Waals surface area (Å²) in [6.07, 6.45) is 7.81. The van der Waals surface area contributed by atoms with Crippen molar-refractivity contribution in [2.45, 2.75) is 18.9 Å². The van der Waals surface area contributed by atoms with Gasteiger partial charge in [0.05, 0.1) is 28.0 Å². The van der Waals surface area contributed by atoms with Gasteiger partial charge in [-0.2, -0.15) is 5.10 Å². The Morgan fingerprint density at radius 3 is 2.69 bits per heavy atom. The molecule has 178 valence electrons.